The minimum absolute atomic E-state index is 0.322. The molecule has 0 saturated heterocycles. The summed E-state index contributed by atoms with van der Waals surface area (Å²) in [5.41, 5.74) is 7.93. The molecule has 0 aliphatic carbocycles. The van der Waals surface area contributed by atoms with Gasteiger partial charge in [-0.15, -0.1) is 0 Å². The van der Waals surface area contributed by atoms with Crippen LogP contribution in [0.4, 0.5) is 5.69 Å². The number of anilines is 1. The van der Waals surface area contributed by atoms with Crippen LogP contribution in [0.15, 0.2) is 59.1 Å². The lowest BCUT2D eigenvalue weighted by Gasteiger charge is -2.08. The molecule has 3 rings (SSSR count). The maximum atomic E-state index is 12.5. The van der Waals surface area contributed by atoms with Gasteiger partial charge in [-0.1, -0.05) is 47.1 Å². The van der Waals surface area contributed by atoms with Gasteiger partial charge in [0.25, 0.3) is 5.91 Å². The third kappa shape index (κ3) is 3.35. The van der Waals surface area contributed by atoms with Crippen molar-refractivity contribution in [3.05, 3.63) is 70.9 Å². The second-order valence-electron chi connectivity index (χ2n) is 4.91. The Balaban J connectivity index is 1.80. The van der Waals surface area contributed by atoms with Gasteiger partial charge in [0.15, 0.2) is 0 Å². The van der Waals surface area contributed by atoms with Gasteiger partial charge in [-0.05, 0) is 31.2 Å². The molecule has 0 unspecified atom stereocenters. The van der Waals surface area contributed by atoms with Gasteiger partial charge in [-0.25, -0.2) is 0 Å². The van der Waals surface area contributed by atoms with E-state index in [1.165, 1.54) is 0 Å². The minimum Gasteiger partial charge on any atom is -0.360 e. The van der Waals surface area contributed by atoms with Crippen molar-refractivity contribution in [2.75, 3.05) is 5.43 Å². The number of hydrogen-bond acceptors (Lipinski definition) is 4. The quantitative estimate of drug-likeness (QED) is 0.709. The molecule has 1 heterocycles. The lowest BCUT2D eigenvalue weighted by molar-refractivity contribution is 0.0961. The van der Waals surface area contributed by atoms with E-state index in [1.807, 2.05) is 30.3 Å². The Morgan fingerprint density at radius 1 is 1.09 bits per heavy atom. The lowest BCUT2D eigenvalue weighted by atomic mass is 10.1. The van der Waals surface area contributed by atoms with E-state index >= 15 is 0 Å². The highest BCUT2D eigenvalue weighted by molar-refractivity contribution is 6.30. The number of amides is 1. The Labute approximate surface area is 138 Å². The zero-order valence-electron chi connectivity index (χ0n) is 12.3. The summed E-state index contributed by atoms with van der Waals surface area (Å²) in [6, 6.07) is 16.4. The average molecular weight is 328 g/mol. The van der Waals surface area contributed by atoms with Crippen LogP contribution < -0.4 is 10.9 Å². The maximum Gasteiger partial charge on any atom is 0.275 e. The van der Waals surface area contributed by atoms with Crippen molar-refractivity contribution >= 4 is 23.2 Å². The fraction of sp³-hybridized carbons (Fsp3) is 0.0588. The van der Waals surface area contributed by atoms with Crippen molar-refractivity contribution in [3.63, 3.8) is 0 Å². The summed E-state index contributed by atoms with van der Waals surface area (Å²) in [5.74, 6) is 0.136. The Kier molecular flexibility index (Phi) is 4.30. The van der Waals surface area contributed by atoms with E-state index in [0.717, 1.165) is 11.3 Å². The molecule has 0 aliphatic heterocycles. The predicted molar refractivity (Wildman–Crippen MR) is 89.2 cm³/mol. The van der Waals surface area contributed by atoms with Crippen LogP contribution in [-0.4, -0.2) is 11.1 Å². The summed E-state index contributed by atoms with van der Waals surface area (Å²) in [6.45, 7) is 1.71. The topological polar surface area (TPSA) is 67.2 Å². The summed E-state index contributed by atoms with van der Waals surface area (Å²) in [5, 5.41) is 4.62. The van der Waals surface area contributed by atoms with E-state index in [-0.39, 0.29) is 5.91 Å². The molecule has 2 aromatic carbocycles. The number of nitrogens with one attached hydrogen (secondary N) is 2. The maximum absolute atomic E-state index is 12.5. The molecule has 1 amide bonds. The molecule has 1 aromatic heterocycles. The van der Waals surface area contributed by atoms with Crippen LogP contribution in [0.25, 0.3) is 11.3 Å². The van der Waals surface area contributed by atoms with Gasteiger partial charge >= 0.3 is 0 Å². The van der Waals surface area contributed by atoms with Crippen LogP contribution in [0, 0.1) is 6.92 Å². The van der Waals surface area contributed by atoms with Crippen molar-refractivity contribution < 1.29 is 9.32 Å². The monoisotopic (exact) mass is 327 g/mol. The molecule has 5 nitrogen and oxygen atoms in total. The number of benzene rings is 2. The lowest BCUT2D eigenvalue weighted by Crippen LogP contribution is -2.29. The molecule has 0 bridgehead atoms. The molecule has 0 saturated carbocycles. The number of aromatic nitrogens is 1. The van der Waals surface area contributed by atoms with E-state index in [4.69, 9.17) is 16.1 Å². The SMILES string of the molecule is Cc1onc(-c2ccccc2)c1C(=O)NNc1ccc(Cl)cc1. The number of nitrogens with zero attached hydrogens (tertiary/aromatic N) is 1. The first-order valence-electron chi connectivity index (χ1n) is 6.99. The molecule has 23 heavy (non-hydrogen) atoms. The molecule has 0 fully saturated rings. The smallest absolute Gasteiger partial charge is 0.275 e. The van der Waals surface area contributed by atoms with Crippen molar-refractivity contribution in [3.8, 4) is 11.3 Å². The largest absolute Gasteiger partial charge is 0.360 e. The van der Waals surface area contributed by atoms with Crippen LogP contribution in [0.3, 0.4) is 0 Å². The average Bonchev–Trinajstić information content (AvgIpc) is 2.96. The number of hydrazine groups is 1. The van der Waals surface area contributed by atoms with Gasteiger partial charge in [0.2, 0.25) is 0 Å². The van der Waals surface area contributed by atoms with Crippen molar-refractivity contribution in [1.29, 1.82) is 0 Å². The first kappa shape index (κ1) is 15.1. The molecular formula is C17H14ClN3O2. The molecule has 0 aliphatic rings. The Morgan fingerprint density at radius 2 is 1.78 bits per heavy atom. The minimum atomic E-state index is -0.322. The standard InChI is InChI=1S/C17H14ClN3O2/c1-11-15(16(21-23-11)12-5-3-2-4-6-12)17(22)20-19-14-9-7-13(18)8-10-14/h2-10,19H,1H3,(H,20,22). The molecule has 6 heteroatoms. The van der Waals surface area contributed by atoms with E-state index < -0.39 is 0 Å². The molecule has 0 radical (unpaired) electrons. The molecule has 0 spiro atoms. The highest BCUT2D eigenvalue weighted by Crippen LogP contribution is 2.24. The van der Waals surface area contributed by atoms with Crippen LogP contribution >= 0.6 is 11.6 Å². The highest BCUT2D eigenvalue weighted by Gasteiger charge is 2.21. The van der Waals surface area contributed by atoms with Crippen LogP contribution in [0.5, 0.6) is 0 Å². The van der Waals surface area contributed by atoms with Crippen molar-refractivity contribution in [2.45, 2.75) is 6.92 Å². The summed E-state index contributed by atoms with van der Waals surface area (Å²) >= 11 is 5.83. The zero-order chi connectivity index (χ0) is 16.2. The van der Waals surface area contributed by atoms with Crippen LogP contribution in [0.1, 0.15) is 16.1 Å². The Hall–Kier alpha value is -2.79. The molecule has 2 N–H and O–H groups in total. The van der Waals surface area contributed by atoms with Gasteiger partial charge in [0, 0.05) is 10.6 Å². The fourth-order valence-electron chi connectivity index (χ4n) is 2.16. The number of rotatable bonds is 4. The van der Waals surface area contributed by atoms with E-state index in [2.05, 4.69) is 16.0 Å². The second kappa shape index (κ2) is 6.54. The third-order valence-corrected chi connectivity index (χ3v) is 3.55. The number of carbonyl (C=O) groups is 1. The normalized spacial score (nSPS) is 10.3. The Bertz CT molecular complexity index is 814. The fourth-order valence-corrected chi connectivity index (χ4v) is 2.28. The van der Waals surface area contributed by atoms with Crippen molar-refractivity contribution in [1.82, 2.24) is 10.6 Å². The summed E-state index contributed by atoms with van der Waals surface area (Å²) in [7, 11) is 0. The first-order chi connectivity index (χ1) is 11.1. The molecule has 0 atom stereocenters. The first-order valence-corrected chi connectivity index (χ1v) is 7.36. The summed E-state index contributed by atoms with van der Waals surface area (Å²) in [4.78, 5) is 12.5. The van der Waals surface area contributed by atoms with Gasteiger partial charge in [-0.3, -0.25) is 15.6 Å². The van der Waals surface area contributed by atoms with E-state index in [1.54, 1.807) is 31.2 Å². The zero-order valence-corrected chi connectivity index (χ0v) is 13.1. The number of hydrogen-bond donors (Lipinski definition) is 2. The van der Waals surface area contributed by atoms with Gasteiger partial charge in [-0.2, -0.15) is 0 Å². The van der Waals surface area contributed by atoms with Crippen LogP contribution in [0.2, 0.25) is 5.02 Å². The molecule has 116 valence electrons. The van der Waals surface area contributed by atoms with Crippen LogP contribution in [-0.2, 0) is 0 Å². The number of carbonyl (C=O) groups excluding carboxylic acids is 1. The Morgan fingerprint density at radius 3 is 2.48 bits per heavy atom. The molecule has 3 aromatic rings. The second-order valence-corrected chi connectivity index (χ2v) is 5.35. The number of halogens is 1. The summed E-state index contributed by atoms with van der Waals surface area (Å²) < 4.78 is 5.18. The van der Waals surface area contributed by atoms with Gasteiger partial charge < -0.3 is 4.52 Å². The van der Waals surface area contributed by atoms with Crippen molar-refractivity contribution in [2.24, 2.45) is 0 Å². The third-order valence-electron chi connectivity index (χ3n) is 3.30. The molecular weight excluding hydrogens is 314 g/mol. The van der Waals surface area contributed by atoms with E-state index in [0.29, 0.717) is 22.0 Å². The summed E-state index contributed by atoms with van der Waals surface area (Å²) in [6.07, 6.45) is 0. The number of aryl methyl sites for hydroxylation is 1. The highest BCUT2D eigenvalue weighted by atomic mass is 35.5. The van der Waals surface area contributed by atoms with E-state index in [9.17, 15) is 4.79 Å². The predicted octanol–water partition coefficient (Wildman–Crippen LogP) is 4.06. The van der Waals surface area contributed by atoms with Gasteiger partial charge in [0.1, 0.15) is 17.0 Å². The van der Waals surface area contributed by atoms with Gasteiger partial charge in [0.05, 0.1) is 5.69 Å².